The van der Waals surface area contributed by atoms with Crippen molar-refractivity contribution in [2.24, 2.45) is 0 Å². The number of aliphatic hydroxyl groups is 1. The number of hydrogen-bond acceptors (Lipinski definition) is 3. The van der Waals surface area contributed by atoms with Crippen molar-refractivity contribution in [2.75, 3.05) is 12.0 Å². The van der Waals surface area contributed by atoms with Crippen LogP contribution < -0.4 is 9.64 Å². The summed E-state index contributed by atoms with van der Waals surface area (Å²) < 4.78 is 19.0. The third-order valence-electron chi connectivity index (χ3n) is 3.35. The minimum absolute atomic E-state index is 0.00181. The Balaban J connectivity index is 2.11. The maximum absolute atomic E-state index is 14.0. The number of hydrogen-bond donors (Lipinski definition) is 1. The largest absolute Gasteiger partial charge is 0.497 e. The molecule has 0 saturated heterocycles. The molecule has 0 bridgehead atoms. The van der Waals surface area contributed by atoms with Crippen LogP contribution in [0.1, 0.15) is 22.1 Å². The Bertz CT molecular complexity index is 687. The molecule has 0 radical (unpaired) electrons. The van der Waals surface area contributed by atoms with Gasteiger partial charge in [0.2, 0.25) is 0 Å². The monoisotopic (exact) mass is 273 g/mol. The maximum Gasteiger partial charge on any atom is 0.261 e. The number of carbonyl (C=O) groups is 1. The quantitative estimate of drug-likeness (QED) is 0.914. The van der Waals surface area contributed by atoms with Crippen LogP contribution in [0.3, 0.4) is 0 Å². The van der Waals surface area contributed by atoms with Crippen molar-refractivity contribution in [2.45, 2.75) is 6.23 Å². The third kappa shape index (κ3) is 1.75. The van der Waals surface area contributed by atoms with E-state index >= 15 is 0 Å². The van der Waals surface area contributed by atoms with Crippen molar-refractivity contribution in [1.82, 2.24) is 0 Å². The molecule has 3 rings (SSSR count). The molecular weight excluding hydrogens is 261 g/mol. The Hall–Kier alpha value is -2.40. The zero-order valence-corrected chi connectivity index (χ0v) is 10.7. The van der Waals surface area contributed by atoms with E-state index in [-0.39, 0.29) is 5.69 Å². The average molecular weight is 273 g/mol. The predicted molar refractivity (Wildman–Crippen MR) is 71.2 cm³/mol. The molecule has 5 heteroatoms. The van der Waals surface area contributed by atoms with Crippen LogP contribution in [0.5, 0.6) is 5.75 Å². The second-order valence-electron chi connectivity index (χ2n) is 4.45. The topological polar surface area (TPSA) is 49.8 Å². The van der Waals surface area contributed by atoms with Crippen LogP contribution in [0.4, 0.5) is 10.1 Å². The summed E-state index contributed by atoms with van der Waals surface area (Å²) in [6.45, 7) is 0. The molecule has 0 spiro atoms. The summed E-state index contributed by atoms with van der Waals surface area (Å²) in [5, 5.41) is 10.3. The van der Waals surface area contributed by atoms with Crippen molar-refractivity contribution in [1.29, 1.82) is 0 Å². The predicted octanol–water partition coefficient (Wildman–Crippen LogP) is 2.49. The molecule has 0 aliphatic carbocycles. The standard InChI is InChI=1S/C15H12FNO3/c1-20-9-6-7-12(16)13(8-9)17-14(18)10-4-2-3-5-11(10)15(17)19/h2-8,14,18H,1H3. The summed E-state index contributed by atoms with van der Waals surface area (Å²) in [5.41, 5.74) is 0.847. The summed E-state index contributed by atoms with van der Waals surface area (Å²) >= 11 is 0. The minimum Gasteiger partial charge on any atom is -0.497 e. The molecular formula is C15H12FNO3. The fraction of sp³-hybridized carbons (Fsp3) is 0.133. The average Bonchev–Trinajstić information content (AvgIpc) is 2.72. The van der Waals surface area contributed by atoms with E-state index < -0.39 is 18.0 Å². The van der Waals surface area contributed by atoms with Gasteiger partial charge in [0.25, 0.3) is 5.91 Å². The number of anilines is 1. The number of fused-ring (bicyclic) bond motifs is 1. The van der Waals surface area contributed by atoms with E-state index in [0.29, 0.717) is 16.9 Å². The zero-order chi connectivity index (χ0) is 14.3. The highest BCUT2D eigenvalue weighted by molar-refractivity contribution is 6.10. The van der Waals surface area contributed by atoms with Crippen LogP contribution in [0, 0.1) is 5.82 Å². The van der Waals surface area contributed by atoms with E-state index in [4.69, 9.17) is 4.74 Å². The first-order chi connectivity index (χ1) is 9.63. The summed E-state index contributed by atoms with van der Waals surface area (Å²) in [6, 6.07) is 10.7. The number of methoxy groups -OCH3 is 1. The number of aliphatic hydroxyl groups excluding tert-OH is 1. The molecule has 0 saturated carbocycles. The van der Waals surface area contributed by atoms with Gasteiger partial charge in [0.1, 0.15) is 11.6 Å². The van der Waals surface area contributed by atoms with Gasteiger partial charge >= 0.3 is 0 Å². The summed E-state index contributed by atoms with van der Waals surface area (Å²) in [7, 11) is 1.45. The van der Waals surface area contributed by atoms with Gasteiger partial charge in [0.05, 0.1) is 12.8 Å². The molecule has 2 aromatic carbocycles. The van der Waals surface area contributed by atoms with Crippen molar-refractivity contribution < 1.29 is 19.0 Å². The molecule has 2 aromatic rings. The number of carbonyl (C=O) groups excluding carboxylic acids is 1. The molecule has 0 fully saturated rings. The minimum atomic E-state index is -1.19. The highest BCUT2D eigenvalue weighted by Crippen LogP contribution is 2.38. The first kappa shape index (κ1) is 12.6. The molecule has 102 valence electrons. The third-order valence-corrected chi connectivity index (χ3v) is 3.35. The first-order valence-corrected chi connectivity index (χ1v) is 6.07. The van der Waals surface area contributed by atoms with Crippen molar-refractivity contribution in [3.05, 3.63) is 59.4 Å². The van der Waals surface area contributed by atoms with E-state index in [2.05, 4.69) is 0 Å². The van der Waals surface area contributed by atoms with E-state index in [9.17, 15) is 14.3 Å². The Kier molecular flexibility index (Phi) is 2.91. The first-order valence-electron chi connectivity index (χ1n) is 6.07. The second-order valence-corrected chi connectivity index (χ2v) is 4.45. The smallest absolute Gasteiger partial charge is 0.261 e. The summed E-state index contributed by atoms with van der Waals surface area (Å²) in [6.07, 6.45) is -1.19. The van der Waals surface area contributed by atoms with Crippen LogP contribution in [0.15, 0.2) is 42.5 Å². The van der Waals surface area contributed by atoms with Crippen LogP contribution >= 0.6 is 0 Å². The Morgan fingerprint density at radius 1 is 1.25 bits per heavy atom. The molecule has 1 aliphatic rings. The maximum atomic E-state index is 14.0. The number of rotatable bonds is 2. The SMILES string of the molecule is COc1ccc(F)c(N2C(=O)c3ccccc3C2O)c1. The molecule has 1 atom stereocenters. The van der Waals surface area contributed by atoms with Gasteiger partial charge in [0.15, 0.2) is 6.23 Å². The highest BCUT2D eigenvalue weighted by atomic mass is 19.1. The van der Waals surface area contributed by atoms with E-state index in [1.165, 1.54) is 25.3 Å². The zero-order valence-electron chi connectivity index (χ0n) is 10.7. The molecule has 20 heavy (non-hydrogen) atoms. The second kappa shape index (κ2) is 4.61. The summed E-state index contributed by atoms with van der Waals surface area (Å²) in [4.78, 5) is 13.3. The number of nitrogens with zero attached hydrogens (tertiary/aromatic N) is 1. The molecule has 1 unspecified atom stereocenters. The van der Waals surface area contributed by atoms with Crippen LogP contribution in [0.25, 0.3) is 0 Å². The molecule has 1 N–H and O–H groups in total. The van der Waals surface area contributed by atoms with Gasteiger partial charge in [-0.05, 0) is 18.2 Å². The molecule has 1 aliphatic heterocycles. The highest BCUT2D eigenvalue weighted by Gasteiger charge is 2.37. The van der Waals surface area contributed by atoms with Gasteiger partial charge < -0.3 is 9.84 Å². The van der Waals surface area contributed by atoms with Crippen LogP contribution in [-0.2, 0) is 0 Å². The lowest BCUT2D eigenvalue weighted by Gasteiger charge is -2.22. The van der Waals surface area contributed by atoms with Gasteiger partial charge in [-0.1, -0.05) is 18.2 Å². The van der Waals surface area contributed by atoms with Gasteiger partial charge in [-0.25, -0.2) is 4.39 Å². The number of amides is 1. The number of benzene rings is 2. The lowest BCUT2D eigenvalue weighted by atomic mass is 10.1. The Labute approximate surface area is 115 Å². The fourth-order valence-electron chi connectivity index (χ4n) is 2.34. The molecule has 1 amide bonds. The van der Waals surface area contributed by atoms with E-state index in [1.54, 1.807) is 24.3 Å². The Morgan fingerprint density at radius 3 is 2.70 bits per heavy atom. The lowest BCUT2D eigenvalue weighted by molar-refractivity contribution is 0.0933. The number of ether oxygens (including phenoxy) is 1. The normalized spacial score (nSPS) is 17.2. The lowest BCUT2D eigenvalue weighted by Crippen LogP contribution is -2.28. The van der Waals surface area contributed by atoms with E-state index in [1.807, 2.05) is 0 Å². The molecule has 4 nitrogen and oxygen atoms in total. The van der Waals surface area contributed by atoms with Crippen molar-refractivity contribution in [3.8, 4) is 5.75 Å². The van der Waals surface area contributed by atoms with Gasteiger partial charge in [-0.2, -0.15) is 0 Å². The van der Waals surface area contributed by atoms with Gasteiger partial charge in [-0.3, -0.25) is 9.69 Å². The summed E-state index contributed by atoms with van der Waals surface area (Å²) in [5.74, 6) is -0.608. The van der Waals surface area contributed by atoms with Crippen LogP contribution in [0.2, 0.25) is 0 Å². The van der Waals surface area contributed by atoms with Gasteiger partial charge in [0, 0.05) is 17.2 Å². The van der Waals surface area contributed by atoms with Crippen LogP contribution in [-0.4, -0.2) is 18.1 Å². The Morgan fingerprint density at radius 2 is 2.00 bits per heavy atom. The number of halogens is 1. The van der Waals surface area contributed by atoms with Crippen molar-refractivity contribution >= 4 is 11.6 Å². The van der Waals surface area contributed by atoms with Gasteiger partial charge in [-0.15, -0.1) is 0 Å². The molecule has 0 aromatic heterocycles. The van der Waals surface area contributed by atoms with Crippen molar-refractivity contribution in [3.63, 3.8) is 0 Å². The fourth-order valence-corrected chi connectivity index (χ4v) is 2.34. The van der Waals surface area contributed by atoms with E-state index in [0.717, 1.165) is 4.90 Å². The molecule has 1 heterocycles.